The Morgan fingerprint density at radius 2 is 1.79 bits per heavy atom. The van der Waals surface area contributed by atoms with Gasteiger partial charge in [0.15, 0.2) is 0 Å². The van der Waals surface area contributed by atoms with Gasteiger partial charge in [0, 0.05) is 23.9 Å². The molecule has 0 radical (unpaired) electrons. The summed E-state index contributed by atoms with van der Waals surface area (Å²) < 4.78 is 5.39. The molecule has 5 nitrogen and oxygen atoms in total. The first kappa shape index (κ1) is 17.0. The van der Waals surface area contributed by atoms with Crippen molar-refractivity contribution in [1.82, 2.24) is 5.32 Å². The summed E-state index contributed by atoms with van der Waals surface area (Å²) in [5, 5.41) is 5.98. The van der Waals surface area contributed by atoms with Crippen molar-refractivity contribution in [3.05, 3.63) is 29.8 Å². The molecule has 0 bridgehead atoms. The van der Waals surface area contributed by atoms with E-state index in [1.54, 1.807) is 24.3 Å². The lowest BCUT2D eigenvalue weighted by molar-refractivity contribution is -0.124. The van der Waals surface area contributed by atoms with E-state index < -0.39 is 0 Å². The zero-order valence-electron chi connectivity index (χ0n) is 14.1. The van der Waals surface area contributed by atoms with Crippen molar-refractivity contribution < 1.29 is 14.3 Å². The SMILES string of the molecule is O=C(NC1CCCCCC1)c1cccc(NC(=O)[C@H]2CCCO2)c1. The smallest absolute Gasteiger partial charge is 0.253 e. The first-order chi connectivity index (χ1) is 11.7. The third kappa shape index (κ3) is 4.57. The van der Waals surface area contributed by atoms with Crippen molar-refractivity contribution >= 4 is 17.5 Å². The lowest BCUT2D eigenvalue weighted by atomic mass is 10.1. The van der Waals surface area contributed by atoms with Gasteiger partial charge in [-0.3, -0.25) is 9.59 Å². The molecule has 2 amide bonds. The molecule has 3 rings (SSSR count). The Hall–Kier alpha value is -1.88. The molecule has 24 heavy (non-hydrogen) atoms. The lowest BCUT2D eigenvalue weighted by Crippen LogP contribution is -2.34. The molecule has 1 heterocycles. The van der Waals surface area contributed by atoms with Crippen LogP contribution in [0.3, 0.4) is 0 Å². The van der Waals surface area contributed by atoms with E-state index in [4.69, 9.17) is 4.74 Å². The van der Waals surface area contributed by atoms with Crippen LogP contribution in [0.25, 0.3) is 0 Å². The molecule has 0 aromatic heterocycles. The number of rotatable bonds is 4. The van der Waals surface area contributed by atoms with Crippen LogP contribution in [0.15, 0.2) is 24.3 Å². The van der Waals surface area contributed by atoms with E-state index in [1.807, 2.05) is 0 Å². The van der Waals surface area contributed by atoms with Crippen molar-refractivity contribution in [2.75, 3.05) is 11.9 Å². The zero-order valence-corrected chi connectivity index (χ0v) is 14.1. The highest BCUT2D eigenvalue weighted by atomic mass is 16.5. The van der Waals surface area contributed by atoms with Crippen LogP contribution >= 0.6 is 0 Å². The Labute approximate surface area is 143 Å². The van der Waals surface area contributed by atoms with Crippen molar-refractivity contribution in [2.45, 2.75) is 63.5 Å². The van der Waals surface area contributed by atoms with E-state index in [-0.39, 0.29) is 24.0 Å². The number of nitrogens with one attached hydrogen (secondary N) is 2. The van der Waals surface area contributed by atoms with Crippen LogP contribution in [0, 0.1) is 0 Å². The number of hydrogen-bond donors (Lipinski definition) is 2. The highest BCUT2D eigenvalue weighted by Gasteiger charge is 2.23. The highest BCUT2D eigenvalue weighted by molar-refractivity contribution is 5.98. The molecular weight excluding hydrogens is 304 g/mol. The van der Waals surface area contributed by atoms with E-state index in [1.165, 1.54) is 25.7 Å². The maximum atomic E-state index is 12.5. The fourth-order valence-electron chi connectivity index (χ4n) is 3.44. The molecule has 1 aromatic rings. The van der Waals surface area contributed by atoms with Crippen LogP contribution in [-0.2, 0) is 9.53 Å². The molecule has 1 aliphatic heterocycles. The van der Waals surface area contributed by atoms with Crippen molar-refractivity contribution in [3.8, 4) is 0 Å². The van der Waals surface area contributed by atoms with Crippen LogP contribution in [0.4, 0.5) is 5.69 Å². The average Bonchev–Trinajstić information content (AvgIpc) is 3.01. The van der Waals surface area contributed by atoms with Crippen LogP contribution < -0.4 is 10.6 Å². The maximum Gasteiger partial charge on any atom is 0.253 e. The number of carbonyl (C=O) groups is 2. The Kier molecular flexibility index (Phi) is 5.86. The fourth-order valence-corrected chi connectivity index (χ4v) is 3.44. The lowest BCUT2D eigenvalue weighted by Gasteiger charge is -2.17. The van der Waals surface area contributed by atoms with Crippen molar-refractivity contribution in [2.24, 2.45) is 0 Å². The van der Waals surface area contributed by atoms with Crippen LogP contribution in [0.1, 0.15) is 61.7 Å². The summed E-state index contributed by atoms with van der Waals surface area (Å²) in [6.07, 6.45) is 8.31. The van der Waals surface area contributed by atoms with Gasteiger partial charge in [-0.25, -0.2) is 0 Å². The monoisotopic (exact) mass is 330 g/mol. The Morgan fingerprint density at radius 1 is 1.00 bits per heavy atom. The molecule has 2 fully saturated rings. The quantitative estimate of drug-likeness (QED) is 0.833. The summed E-state index contributed by atoms with van der Waals surface area (Å²) in [4.78, 5) is 24.6. The molecule has 1 aliphatic carbocycles. The van der Waals surface area contributed by atoms with Gasteiger partial charge >= 0.3 is 0 Å². The van der Waals surface area contributed by atoms with Gasteiger partial charge in [-0.2, -0.15) is 0 Å². The second-order valence-electron chi connectivity index (χ2n) is 6.73. The molecule has 2 N–H and O–H groups in total. The predicted molar refractivity (Wildman–Crippen MR) is 93.0 cm³/mol. The Bertz CT molecular complexity index is 574. The van der Waals surface area contributed by atoms with Gasteiger partial charge in [-0.1, -0.05) is 31.7 Å². The number of hydrogen-bond acceptors (Lipinski definition) is 3. The van der Waals surface area contributed by atoms with E-state index in [2.05, 4.69) is 10.6 Å². The summed E-state index contributed by atoms with van der Waals surface area (Å²) in [5.74, 6) is -0.191. The van der Waals surface area contributed by atoms with Gasteiger partial charge in [-0.05, 0) is 43.9 Å². The average molecular weight is 330 g/mol. The first-order valence-corrected chi connectivity index (χ1v) is 9.06. The second-order valence-corrected chi connectivity index (χ2v) is 6.73. The molecule has 130 valence electrons. The molecule has 0 unspecified atom stereocenters. The largest absolute Gasteiger partial charge is 0.368 e. The van der Waals surface area contributed by atoms with Gasteiger partial charge in [-0.15, -0.1) is 0 Å². The summed E-state index contributed by atoms with van der Waals surface area (Å²) >= 11 is 0. The summed E-state index contributed by atoms with van der Waals surface area (Å²) in [5.41, 5.74) is 1.23. The second kappa shape index (κ2) is 8.29. The molecule has 2 aliphatic rings. The molecule has 1 aromatic carbocycles. The first-order valence-electron chi connectivity index (χ1n) is 9.06. The van der Waals surface area contributed by atoms with E-state index in [0.717, 1.165) is 25.7 Å². The van der Waals surface area contributed by atoms with Gasteiger partial charge in [0.25, 0.3) is 11.8 Å². The minimum Gasteiger partial charge on any atom is -0.368 e. The van der Waals surface area contributed by atoms with Crippen LogP contribution in [0.5, 0.6) is 0 Å². The number of ether oxygens (including phenoxy) is 1. The zero-order chi connectivity index (χ0) is 16.8. The number of benzene rings is 1. The standard InChI is InChI=1S/C19H26N2O3/c22-18(20-15-8-3-1-2-4-9-15)14-7-5-10-16(13-14)21-19(23)17-11-6-12-24-17/h5,7,10,13,15,17H,1-4,6,8-9,11-12H2,(H,20,22)(H,21,23)/t17-/m1/s1. The van der Waals surface area contributed by atoms with Gasteiger partial charge in [0.2, 0.25) is 0 Å². The molecule has 5 heteroatoms. The van der Waals surface area contributed by atoms with Crippen molar-refractivity contribution in [3.63, 3.8) is 0 Å². The topological polar surface area (TPSA) is 67.4 Å². The molecule has 0 spiro atoms. The highest BCUT2D eigenvalue weighted by Crippen LogP contribution is 2.19. The van der Waals surface area contributed by atoms with E-state index in [9.17, 15) is 9.59 Å². The van der Waals surface area contributed by atoms with Crippen LogP contribution in [0.2, 0.25) is 0 Å². The van der Waals surface area contributed by atoms with E-state index >= 15 is 0 Å². The predicted octanol–water partition coefficient (Wildman–Crippen LogP) is 3.26. The van der Waals surface area contributed by atoms with Gasteiger partial charge in [0.1, 0.15) is 6.10 Å². The minimum atomic E-state index is -0.367. The maximum absolute atomic E-state index is 12.5. The van der Waals surface area contributed by atoms with Crippen LogP contribution in [-0.4, -0.2) is 30.6 Å². The van der Waals surface area contributed by atoms with Gasteiger partial charge in [0.05, 0.1) is 0 Å². The number of anilines is 1. The third-order valence-corrected chi connectivity index (χ3v) is 4.80. The fraction of sp³-hybridized carbons (Fsp3) is 0.579. The Morgan fingerprint density at radius 3 is 2.50 bits per heavy atom. The van der Waals surface area contributed by atoms with Crippen molar-refractivity contribution in [1.29, 1.82) is 0 Å². The summed E-state index contributed by atoms with van der Waals surface area (Å²) in [6, 6.07) is 7.39. The Balaban J connectivity index is 1.59. The summed E-state index contributed by atoms with van der Waals surface area (Å²) in [7, 11) is 0. The normalized spacial score (nSPS) is 21.9. The number of carbonyl (C=O) groups excluding carboxylic acids is 2. The van der Waals surface area contributed by atoms with E-state index in [0.29, 0.717) is 17.9 Å². The molecular formula is C19H26N2O3. The summed E-state index contributed by atoms with van der Waals surface area (Å²) in [6.45, 7) is 0.641. The molecule has 1 saturated heterocycles. The third-order valence-electron chi connectivity index (χ3n) is 4.80. The minimum absolute atomic E-state index is 0.0601. The van der Waals surface area contributed by atoms with Gasteiger partial charge < -0.3 is 15.4 Å². The molecule has 1 atom stereocenters. The number of amides is 2. The molecule has 1 saturated carbocycles.